The van der Waals surface area contributed by atoms with Crippen molar-refractivity contribution in [2.45, 2.75) is 58.1 Å². The van der Waals surface area contributed by atoms with Crippen LogP contribution in [-0.4, -0.2) is 21.4 Å². The van der Waals surface area contributed by atoms with Gasteiger partial charge in [-0.2, -0.15) is 0 Å². The van der Waals surface area contributed by atoms with Crippen LogP contribution >= 0.6 is 0 Å². The van der Waals surface area contributed by atoms with Crippen LogP contribution < -0.4 is 0 Å². The molecule has 1 fully saturated rings. The average Bonchev–Trinajstić information content (AvgIpc) is 2.81. The Morgan fingerprint density at radius 2 is 2.06 bits per heavy atom. The van der Waals surface area contributed by atoms with E-state index >= 15 is 0 Å². The molecule has 4 nitrogen and oxygen atoms in total. The summed E-state index contributed by atoms with van der Waals surface area (Å²) in [6.45, 7) is 2.38. The van der Waals surface area contributed by atoms with Crippen LogP contribution in [0.5, 0.6) is 0 Å². The average molecular weight is 235 g/mol. The molecule has 0 N–H and O–H groups in total. The van der Waals surface area contributed by atoms with Gasteiger partial charge in [0.05, 0.1) is 6.61 Å². The zero-order valence-electron chi connectivity index (χ0n) is 10.4. The molecule has 1 aliphatic heterocycles. The molecule has 94 valence electrons. The van der Waals surface area contributed by atoms with E-state index in [0.29, 0.717) is 6.61 Å². The molecule has 2 aliphatic rings. The molecule has 0 saturated heterocycles. The summed E-state index contributed by atoms with van der Waals surface area (Å²) < 4.78 is 7.64. The molecule has 3 rings (SSSR count). The fourth-order valence-electron chi connectivity index (χ4n) is 3.05. The molecule has 2 heterocycles. The van der Waals surface area contributed by atoms with Crippen molar-refractivity contribution in [3.8, 4) is 0 Å². The second-order valence-corrected chi connectivity index (χ2v) is 5.28. The fraction of sp³-hybridized carbons (Fsp3) is 0.846. The number of aromatic nitrogens is 3. The molecule has 0 radical (unpaired) electrons. The molecule has 1 saturated carbocycles. The highest BCUT2D eigenvalue weighted by Gasteiger charge is 2.18. The lowest BCUT2D eigenvalue weighted by molar-refractivity contribution is 0.0805. The van der Waals surface area contributed by atoms with E-state index in [1.807, 2.05) is 0 Å². The van der Waals surface area contributed by atoms with Crippen molar-refractivity contribution < 1.29 is 4.74 Å². The zero-order valence-corrected chi connectivity index (χ0v) is 10.4. The van der Waals surface area contributed by atoms with Crippen molar-refractivity contribution in [2.75, 3.05) is 6.61 Å². The standard InChI is InChI=1S/C13H21N3O/c1-2-4-11(5-3-1)6-7-12-14-15-13-10-17-9-8-16(12)13/h11H,1-10H2. The van der Waals surface area contributed by atoms with Crippen molar-refractivity contribution >= 4 is 0 Å². The number of ether oxygens (including phenoxy) is 1. The van der Waals surface area contributed by atoms with Crippen molar-refractivity contribution in [2.24, 2.45) is 5.92 Å². The summed E-state index contributed by atoms with van der Waals surface area (Å²) in [6.07, 6.45) is 9.52. The molecular weight excluding hydrogens is 214 g/mol. The van der Waals surface area contributed by atoms with Crippen LogP contribution in [0, 0.1) is 5.92 Å². The van der Waals surface area contributed by atoms with Gasteiger partial charge in [-0.15, -0.1) is 10.2 Å². The van der Waals surface area contributed by atoms with Gasteiger partial charge in [-0.05, 0) is 12.3 Å². The number of fused-ring (bicyclic) bond motifs is 1. The Labute approximate surface area is 102 Å². The summed E-state index contributed by atoms with van der Waals surface area (Å²) in [4.78, 5) is 0. The van der Waals surface area contributed by atoms with E-state index < -0.39 is 0 Å². The molecule has 4 heteroatoms. The summed E-state index contributed by atoms with van der Waals surface area (Å²) in [5, 5.41) is 8.52. The van der Waals surface area contributed by atoms with E-state index in [0.717, 1.165) is 31.3 Å². The van der Waals surface area contributed by atoms with E-state index in [4.69, 9.17) is 4.74 Å². The minimum absolute atomic E-state index is 0.635. The number of hydrogen-bond acceptors (Lipinski definition) is 3. The molecule has 0 amide bonds. The van der Waals surface area contributed by atoms with Crippen molar-refractivity contribution in [3.63, 3.8) is 0 Å². The third-order valence-corrected chi connectivity index (χ3v) is 4.10. The maximum Gasteiger partial charge on any atom is 0.159 e. The molecule has 0 bridgehead atoms. The molecule has 1 aromatic heterocycles. The largest absolute Gasteiger partial charge is 0.372 e. The summed E-state index contributed by atoms with van der Waals surface area (Å²) in [5.74, 6) is 3.11. The number of nitrogens with zero attached hydrogens (tertiary/aromatic N) is 3. The minimum atomic E-state index is 0.635. The van der Waals surface area contributed by atoms with Crippen LogP contribution in [-0.2, 0) is 24.3 Å². The van der Waals surface area contributed by atoms with E-state index in [9.17, 15) is 0 Å². The Kier molecular flexibility index (Phi) is 3.41. The first-order chi connectivity index (χ1) is 8.43. The maximum absolute atomic E-state index is 5.38. The van der Waals surface area contributed by atoms with Gasteiger partial charge in [0, 0.05) is 13.0 Å². The van der Waals surface area contributed by atoms with E-state index in [1.54, 1.807) is 0 Å². The molecule has 1 aromatic rings. The van der Waals surface area contributed by atoms with Gasteiger partial charge in [0.2, 0.25) is 0 Å². The highest BCUT2D eigenvalue weighted by Crippen LogP contribution is 2.27. The van der Waals surface area contributed by atoms with Gasteiger partial charge in [0.15, 0.2) is 5.82 Å². The zero-order chi connectivity index (χ0) is 11.5. The van der Waals surface area contributed by atoms with Crippen molar-refractivity contribution in [3.05, 3.63) is 11.6 Å². The third kappa shape index (κ3) is 2.51. The molecule has 0 atom stereocenters. The predicted molar refractivity (Wildman–Crippen MR) is 64.6 cm³/mol. The molecule has 17 heavy (non-hydrogen) atoms. The highest BCUT2D eigenvalue weighted by atomic mass is 16.5. The van der Waals surface area contributed by atoms with E-state index in [2.05, 4.69) is 14.8 Å². The Bertz CT molecular complexity index is 369. The Balaban J connectivity index is 1.59. The van der Waals surface area contributed by atoms with Gasteiger partial charge < -0.3 is 9.30 Å². The van der Waals surface area contributed by atoms with Crippen LogP contribution in [0.25, 0.3) is 0 Å². The maximum atomic E-state index is 5.38. The van der Waals surface area contributed by atoms with Gasteiger partial charge in [-0.25, -0.2) is 0 Å². The summed E-state index contributed by atoms with van der Waals surface area (Å²) in [5.41, 5.74) is 0. The van der Waals surface area contributed by atoms with Gasteiger partial charge in [-0.1, -0.05) is 32.1 Å². The monoisotopic (exact) mass is 235 g/mol. The van der Waals surface area contributed by atoms with E-state index in [-0.39, 0.29) is 0 Å². The second kappa shape index (κ2) is 5.17. The lowest BCUT2D eigenvalue weighted by Crippen LogP contribution is -2.19. The number of rotatable bonds is 3. The SMILES string of the molecule is C1CCC(CCc2nnc3n2CCOC3)CC1. The predicted octanol–water partition coefficient (Wildman–Crippen LogP) is 2.32. The Morgan fingerprint density at radius 1 is 1.18 bits per heavy atom. The van der Waals surface area contributed by atoms with E-state index in [1.165, 1.54) is 44.3 Å². The Hall–Kier alpha value is -0.900. The normalized spacial score (nSPS) is 21.4. The van der Waals surface area contributed by atoms with Crippen molar-refractivity contribution in [1.29, 1.82) is 0 Å². The van der Waals surface area contributed by atoms with Crippen molar-refractivity contribution in [1.82, 2.24) is 14.8 Å². The van der Waals surface area contributed by atoms with Gasteiger partial charge >= 0.3 is 0 Å². The molecular formula is C13H21N3O. The lowest BCUT2D eigenvalue weighted by atomic mass is 9.86. The summed E-state index contributed by atoms with van der Waals surface area (Å²) in [7, 11) is 0. The first-order valence-electron chi connectivity index (χ1n) is 6.92. The Morgan fingerprint density at radius 3 is 2.94 bits per heavy atom. The van der Waals surface area contributed by atoms with Crippen LogP contribution in [0.1, 0.15) is 50.2 Å². The first kappa shape index (κ1) is 11.2. The second-order valence-electron chi connectivity index (χ2n) is 5.28. The molecule has 0 spiro atoms. The lowest BCUT2D eigenvalue weighted by Gasteiger charge is -2.21. The molecule has 1 aliphatic carbocycles. The quantitative estimate of drug-likeness (QED) is 0.807. The highest BCUT2D eigenvalue weighted by molar-refractivity contribution is 4.97. The number of aryl methyl sites for hydroxylation is 1. The van der Waals surface area contributed by atoms with Gasteiger partial charge in [0.25, 0.3) is 0 Å². The fourth-order valence-corrected chi connectivity index (χ4v) is 3.05. The summed E-state index contributed by atoms with van der Waals surface area (Å²) in [6, 6.07) is 0. The van der Waals surface area contributed by atoms with Crippen LogP contribution in [0.2, 0.25) is 0 Å². The first-order valence-corrected chi connectivity index (χ1v) is 6.92. The van der Waals surface area contributed by atoms with Crippen LogP contribution in [0.4, 0.5) is 0 Å². The van der Waals surface area contributed by atoms with Gasteiger partial charge in [0.1, 0.15) is 12.4 Å². The van der Waals surface area contributed by atoms with Crippen LogP contribution in [0.15, 0.2) is 0 Å². The molecule has 0 aromatic carbocycles. The minimum Gasteiger partial charge on any atom is -0.372 e. The summed E-state index contributed by atoms with van der Waals surface area (Å²) >= 11 is 0. The third-order valence-electron chi connectivity index (χ3n) is 4.10. The topological polar surface area (TPSA) is 39.9 Å². The molecule has 0 unspecified atom stereocenters. The smallest absolute Gasteiger partial charge is 0.159 e. The number of hydrogen-bond donors (Lipinski definition) is 0. The van der Waals surface area contributed by atoms with Gasteiger partial charge in [-0.3, -0.25) is 0 Å². The van der Waals surface area contributed by atoms with Crippen LogP contribution in [0.3, 0.4) is 0 Å².